The molecular weight excluding hydrogens is 526 g/mol. The third-order valence-corrected chi connectivity index (χ3v) is 7.91. The fourth-order valence-electron chi connectivity index (χ4n) is 4.85. The second kappa shape index (κ2) is 12.2. The van der Waals surface area contributed by atoms with E-state index in [1.54, 1.807) is 44.2 Å². The first-order chi connectivity index (χ1) is 18.7. The number of likely N-dealkylation sites (tertiary alicyclic amines) is 1. The summed E-state index contributed by atoms with van der Waals surface area (Å²) >= 11 is 0.885. The molecule has 1 saturated heterocycles. The second-order valence-electron chi connectivity index (χ2n) is 9.27. The van der Waals surface area contributed by atoms with Crippen molar-refractivity contribution in [1.29, 1.82) is 0 Å². The zero-order valence-electron chi connectivity index (χ0n) is 21.6. The number of imide groups is 1. The van der Waals surface area contributed by atoms with Crippen molar-refractivity contribution in [3.63, 3.8) is 0 Å². The minimum absolute atomic E-state index is 0.0237. The van der Waals surface area contributed by atoms with Crippen LogP contribution in [0.25, 0.3) is 0 Å². The van der Waals surface area contributed by atoms with Gasteiger partial charge in [0.1, 0.15) is 11.5 Å². The van der Waals surface area contributed by atoms with Gasteiger partial charge < -0.3 is 20.1 Å². The highest BCUT2D eigenvalue weighted by atomic mass is 32.1. The van der Waals surface area contributed by atoms with Crippen LogP contribution in [-0.2, 0) is 28.7 Å². The van der Waals surface area contributed by atoms with Gasteiger partial charge in [0, 0.05) is 5.69 Å². The van der Waals surface area contributed by atoms with Gasteiger partial charge in [0.25, 0.3) is 11.8 Å². The summed E-state index contributed by atoms with van der Waals surface area (Å²) in [7, 11) is 0. The largest absolute Gasteiger partial charge is 0.462 e. The number of amides is 4. The Hall–Kier alpha value is -4.06. The highest BCUT2D eigenvalue weighted by Gasteiger charge is 2.48. The standard InChI is InChI=1S/C27H29N3O8S/c1-3-37-27(36)21-15(2)22(23(33)28-16-9-5-4-6-10-16)39-24(21)29-19(31)14-38-20(32)13-30-25(34)17-11-7-8-12-18(17)26(30)35/h4-6,9-10,17-18H,3,7-8,11-14H2,1-2H3,(H,28,33)(H,29,31)/t17-,18-/m1/s1. The lowest BCUT2D eigenvalue weighted by molar-refractivity contribution is -0.154. The Balaban J connectivity index is 1.40. The highest BCUT2D eigenvalue weighted by molar-refractivity contribution is 7.19. The molecule has 0 unspecified atom stereocenters. The molecule has 2 fully saturated rings. The first-order valence-electron chi connectivity index (χ1n) is 12.7. The third-order valence-electron chi connectivity index (χ3n) is 6.70. The van der Waals surface area contributed by atoms with Gasteiger partial charge in [-0.05, 0) is 44.4 Å². The number of rotatable bonds is 9. The minimum atomic E-state index is -0.901. The number of carbonyl (C=O) groups is 6. The van der Waals surface area contributed by atoms with Crippen LogP contribution in [0.1, 0.15) is 58.2 Å². The molecule has 1 aliphatic carbocycles. The van der Waals surface area contributed by atoms with Gasteiger partial charge in [-0.25, -0.2) is 4.79 Å². The fraction of sp³-hybridized carbons (Fsp3) is 0.407. The second-order valence-corrected chi connectivity index (χ2v) is 10.3. The number of esters is 2. The van der Waals surface area contributed by atoms with Gasteiger partial charge in [-0.3, -0.25) is 28.9 Å². The molecule has 4 amide bonds. The number of nitrogens with one attached hydrogen (secondary N) is 2. The molecule has 11 nitrogen and oxygen atoms in total. The molecule has 0 bridgehead atoms. The Morgan fingerprint density at radius 3 is 2.23 bits per heavy atom. The number of carbonyl (C=O) groups excluding carboxylic acids is 6. The van der Waals surface area contributed by atoms with Gasteiger partial charge in [-0.1, -0.05) is 31.0 Å². The zero-order valence-corrected chi connectivity index (χ0v) is 22.4. The Bertz CT molecular complexity index is 1280. The van der Waals surface area contributed by atoms with E-state index in [0.717, 1.165) is 29.1 Å². The number of para-hydroxylation sites is 1. The van der Waals surface area contributed by atoms with E-state index in [9.17, 15) is 28.8 Å². The Kier molecular flexibility index (Phi) is 8.75. The van der Waals surface area contributed by atoms with Gasteiger partial charge in [0.2, 0.25) is 11.8 Å². The van der Waals surface area contributed by atoms with Crippen LogP contribution in [0, 0.1) is 18.8 Å². The van der Waals surface area contributed by atoms with E-state index in [4.69, 9.17) is 9.47 Å². The number of nitrogens with zero attached hydrogens (tertiary/aromatic N) is 1. The summed E-state index contributed by atoms with van der Waals surface area (Å²) in [6.45, 7) is 2.01. The summed E-state index contributed by atoms with van der Waals surface area (Å²) in [6, 6.07) is 8.74. The molecular formula is C27H29N3O8S. The smallest absolute Gasteiger partial charge is 0.341 e. The molecule has 1 aromatic heterocycles. The Morgan fingerprint density at radius 1 is 0.974 bits per heavy atom. The topological polar surface area (TPSA) is 148 Å². The number of hydrogen-bond acceptors (Lipinski definition) is 9. The molecule has 2 heterocycles. The van der Waals surface area contributed by atoms with Crippen LogP contribution in [0.2, 0.25) is 0 Å². The van der Waals surface area contributed by atoms with Crippen LogP contribution < -0.4 is 10.6 Å². The van der Waals surface area contributed by atoms with E-state index in [1.165, 1.54) is 0 Å². The maximum Gasteiger partial charge on any atom is 0.341 e. The van der Waals surface area contributed by atoms with Gasteiger partial charge in [-0.15, -0.1) is 11.3 Å². The number of hydrogen-bond donors (Lipinski definition) is 2. The lowest BCUT2D eigenvalue weighted by Crippen LogP contribution is -2.37. The molecule has 39 heavy (non-hydrogen) atoms. The van der Waals surface area contributed by atoms with Gasteiger partial charge in [0.15, 0.2) is 6.61 Å². The Labute approximate surface area is 228 Å². The highest BCUT2D eigenvalue weighted by Crippen LogP contribution is 2.38. The predicted molar refractivity (Wildman–Crippen MR) is 141 cm³/mol. The van der Waals surface area contributed by atoms with E-state index < -0.39 is 36.9 Å². The number of fused-ring (bicyclic) bond motifs is 1. The van der Waals surface area contributed by atoms with Crippen molar-refractivity contribution in [3.8, 4) is 0 Å². The summed E-state index contributed by atoms with van der Waals surface area (Å²) in [5.41, 5.74) is 0.905. The maximum absolute atomic E-state index is 12.9. The fourth-order valence-corrected chi connectivity index (χ4v) is 5.95. The molecule has 2 aromatic rings. The molecule has 0 spiro atoms. The lowest BCUT2D eigenvalue weighted by atomic mass is 9.81. The predicted octanol–water partition coefficient (Wildman–Crippen LogP) is 3.14. The summed E-state index contributed by atoms with van der Waals surface area (Å²) in [6.07, 6.45) is 2.98. The third kappa shape index (κ3) is 6.17. The monoisotopic (exact) mass is 555 g/mol. The molecule has 2 atom stereocenters. The van der Waals surface area contributed by atoms with Crippen molar-refractivity contribution in [2.24, 2.45) is 11.8 Å². The van der Waals surface area contributed by atoms with Crippen molar-refractivity contribution in [2.75, 3.05) is 30.4 Å². The maximum atomic E-state index is 12.9. The summed E-state index contributed by atoms with van der Waals surface area (Å²) in [5, 5.41) is 5.32. The summed E-state index contributed by atoms with van der Waals surface area (Å²) in [4.78, 5) is 76.8. The van der Waals surface area contributed by atoms with Crippen LogP contribution in [0.5, 0.6) is 0 Å². The average molecular weight is 556 g/mol. The average Bonchev–Trinajstić information content (AvgIpc) is 3.37. The van der Waals surface area contributed by atoms with Crippen molar-refractivity contribution < 1.29 is 38.2 Å². The SMILES string of the molecule is CCOC(=O)c1c(NC(=O)COC(=O)CN2C(=O)[C@@H]3CCCC[C@H]3C2=O)sc(C(=O)Nc2ccccc2)c1C. The minimum Gasteiger partial charge on any atom is -0.462 e. The molecule has 12 heteroatoms. The molecule has 2 N–H and O–H groups in total. The number of ether oxygens (including phenoxy) is 2. The molecule has 1 saturated carbocycles. The van der Waals surface area contributed by atoms with Gasteiger partial charge in [-0.2, -0.15) is 0 Å². The van der Waals surface area contributed by atoms with Crippen molar-refractivity contribution in [2.45, 2.75) is 39.5 Å². The normalized spacial score (nSPS) is 18.4. The molecule has 1 aliphatic heterocycles. The van der Waals surface area contributed by atoms with E-state index in [2.05, 4.69) is 10.6 Å². The number of thiophene rings is 1. The van der Waals surface area contributed by atoms with Gasteiger partial charge in [0.05, 0.1) is 28.9 Å². The Morgan fingerprint density at radius 2 is 1.62 bits per heavy atom. The van der Waals surface area contributed by atoms with E-state index in [-0.39, 0.29) is 45.7 Å². The summed E-state index contributed by atoms with van der Waals surface area (Å²) < 4.78 is 10.1. The first-order valence-corrected chi connectivity index (χ1v) is 13.5. The molecule has 4 rings (SSSR count). The van der Waals surface area contributed by atoms with Crippen molar-refractivity contribution in [3.05, 3.63) is 46.3 Å². The molecule has 1 aromatic carbocycles. The van der Waals surface area contributed by atoms with E-state index >= 15 is 0 Å². The van der Waals surface area contributed by atoms with E-state index in [0.29, 0.717) is 24.1 Å². The first kappa shape index (κ1) is 28.0. The zero-order chi connectivity index (χ0) is 28.1. The van der Waals surface area contributed by atoms with Crippen molar-refractivity contribution in [1.82, 2.24) is 4.90 Å². The quantitative estimate of drug-likeness (QED) is 0.354. The van der Waals surface area contributed by atoms with Crippen LogP contribution >= 0.6 is 11.3 Å². The molecule has 2 aliphatic rings. The van der Waals surface area contributed by atoms with Gasteiger partial charge >= 0.3 is 11.9 Å². The molecule has 0 radical (unpaired) electrons. The van der Waals surface area contributed by atoms with Crippen molar-refractivity contribution >= 4 is 57.6 Å². The van der Waals surface area contributed by atoms with Crippen LogP contribution in [0.3, 0.4) is 0 Å². The lowest BCUT2D eigenvalue weighted by Gasteiger charge is -2.19. The molecule has 206 valence electrons. The van der Waals surface area contributed by atoms with Crippen LogP contribution in [0.15, 0.2) is 30.3 Å². The van der Waals surface area contributed by atoms with Crippen LogP contribution in [-0.4, -0.2) is 60.2 Å². The number of benzene rings is 1. The van der Waals surface area contributed by atoms with Crippen LogP contribution in [0.4, 0.5) is 10.7 Å². The summed E-state index contributed by atoms with van der Waals surface area (Å²) in [5.74, 6) is -4.38. The van der Waals surface area contributed by atoms with E-state index in [1.807, 2.05) is 0 Å². The number of anilines is 2.